The summed E-state index contributed by atoms with van der Waals surface area (Å²) < 4.78 is 25.9. The van der Waals surface area contributed by atoms with E-state index in [-0.39, 0.29) is 18.2 Å². The summed E-state index contributed by atoms with van der Waals surface area (Å²) in [5.74, 6) is -3.53. The molecule has 116 valence electrons. The van der Waals surface area contributed by atoms with Crippen molar-refractivity contribution in [3.8, 4) is 0 Å². The van der Waals surface area contributed by atoms with E-state index < -0.39 is 29.5 Å². The standard InChI is InChI=1S/C14H18F2N2O3/c1-8(2)3-12(7-19)18-14(21)13(20)17-11-5-9(15)4-10(16)6-11/h4-6,8,12,19H,3,7H2,1-2H3,(H,17,20)(H,18,21). The zero-order valence-electron chi connectivity index (χ0n) is 11.8. The van der Waals surface area contributed by atoms with E-state index in [2.05, 4.69) is 10.6 Å². The number of aliphatic hydroxyl groups is 1. The maximum atomic E-state index is 13.0. The highest BCUT2D eigenvalue weighted by atomic mass is 19.1. The van der Waals surface area contributed by atoms with Gasteiger partial charge in [-0.3, -0.25) is 9.59 Å². The molecule has 0 aliphatic heterocycles. The number of benzene rings is 1. The van der Waals surface area contributed by atoms with Crippen molar-refractivity contribution in [2.24, 2.45) is 5.92 Å². The van der Waals surface area contributed by atoms with Gasteiger partial charge in [0.1, 0.15) is 11.6 Å². The third-order valence-corrected chi connectivity index (χ3v) is 2.64. The average Bonchev–Trinajstić information content (AvgIpc) is 2.35. The Kier molecular flexibility index (Phi) is 6.23. The molecule has 0 saturated carbocycles. The Balaban J connectivity index is 2.63. The van der Waals surface area contributed by atoms with Crippen LogP contribution >= 0.6 is 0 Å². The van der Waals surface area contributed by atoms with Crippen molar-refractivity contribution >= 4 is 17.5 Å². The first-order valence-electron chi connectivity index (χ1n) is 6.50. The lowest BCUT2D eigenvalue weighted by Crippen LogP contribution is -2.44. The maximum Gasteiger partial charge on any atom is 0.313 e. The molecule has 0 aromatic heterocycles. The molecule has 0 bridgehead atoms. The van der Waals surface area contributed by atoms with E-state index >= 15 is 0 Å². The molecule has 0 radical (unpaired) electrons. The summed E-state index contributed by atoms with van der Waals surface area (Å²) in [6.07, 6.45) is 0.504. The minimum Gasteiger partial charge on any atom is -0.394 e. The van der Waals surface area contributed by atoms with Gasteiger partial charge in [-0.15, -0.1) is 0 Å². The summed E-state index contributed by atoms with van der Waals surface area (Å²) in [6.45, 7) is 3.51. The molecule has 0 fully saturated rings. The van der Waals surface area contributed by atoms with Crippen LogP contribution in [0.5, 0.6) is 0 Å². The lowest BCUT2D eigenvalue weighted by Gasteiger charge is -2.17. The molecule has 1 atom stereocenters. The fourth-order valence-corrected chi connectivity index (χ4v) is 1.81. The van der Waals surface area contributed by atoms with Crippen molar-refractivity contribution in [3.63, 3.8) is 0 Å². The van der Waals surface area contributed by atoms with Crippen LogP contribution < -0.4 is 10.6 Å². The molecule has 3 N–H and O–H groups in total. The smallest absolute Gasteiger partial charge is 0.313 e. The fraction of sp³-hybridized carbons (Fsp3) is 0.429. The van der Waals surface area contributed by atoms with Gasteiger partial charge in [-0.25, -0.2) is 8.78 Å². The Morgan fingerprint density at radius 3 is 2.19 bits per heavy atom. The minimum absolute atomic E-state index is 0.156. The largest absolute Gasteiger partial charge is 0.394 e. The second kappa shape index (κ2) is 7.68. The Hall–Kier alpha value is -2.02. The van der Waals surface area contributed by atoms with Gasteiger partial charge >= 0.3 is 11.8 Å². The number of aliphatic hydroxyl groups excluding tert-OH is 1. The minimum atomic E-state index is -1.05. The van der Waals surface area contributed by atoms with Crippen LogP contribution in [0, 0.1) is 17.6 Å². The molecule has 1 aromatic rings. The van der Waals surface area contributed by atoms with Gasteiger partial charge in [-0.1, -0.05) is 13.8 Å². The molecule has 0 aliphatic carbocycles. The normalized spacial score (nSPS) is 12.1. The van der Waals surface area contributed by atoms with Crippen molar-refractivity contribution in [2.75, 3.05) is 11.9 Å². The van der Waals surface area contributed by atoms with Gasteiger partial charge in [0.05, 0.1) is 12.6 Å². The molecule has 5 nitrogen and oxygen atoms in total. The number of anilines is 1. The Morgan fingerprint density at radius 2 is 1.71 bits per heavy atom. The van der Waals surface area contributed by atoms with Gasteiger partial charge in [0, 0.05) is 11.8 Å². The first-order chi connectivity index (χ1) is 9.81. The third-order valence-electron chi connectivity index (χ3n) is 2.64. The van der Waals surface area contributed by atoms with Crippen LogP contribution in [0.15, 0.2) is 18.2 Å². The van der Waals surface area contributed by atoms with Gasteiger partial charge in [0.25, 0.3) is 0 Å². The van der Waals surface area contributed by atoms with Crippen LogP contribution in [0.4, 0.5) is 14.5 Å². The molecule has 0 aliphatic rings. The number of nitrogens with one attached hydrogen (secondary N) is 2. The number of carbonyl (C=O) groups excluding carboxylic acids is 2. The van der Waals surface area contributed by atoms with Crippen LogP contribution in [0.2, 0.25) is 0 Å². The highest BCUT2D eigenvalue weighted by molar-refractivity contribution is 6.39. The van der Waals surface area contributed by atoms with Crippen LogP contribution in [0.25, 0.3) is 0 Å². The van der Waals surface area contributed by atoms with Gasteiger partial charge in [-0.2, -0.15) is 0 Å². The number of hydrogen-bond acceptors (Lipinski definition) is 3. The van der Waals surface area contributed by atoms with Gasteiger partial charge in [-0.05, 0) is 24.5 Å². The predicted molar refractivity (Wildman–Crippen MR) is 73.5 cm³/mol. The average molecular weight is 300 g/mol. The first-order valence-corrected chi connectivity index (χ1v) is 6.50. The predicted octanol–water partition coefficient (Wildman–Crippen LogP) is 1.43. The van der Waals surface area contributed by atoms with Crippen molar-refractivity contribution in [1.82, 2.24) is 5.32 Å². The summed E-state index contributed by atoms with van der Waals surface area (Å²) in [6, 6.07) is 1.89. The number of halogens is 2. The summed E-state index contributed by atoms with van der Waals surface area (Å²) in [5.41, 5.74) is -0.156. The van der Waals surface area contributed by atoms with E-state index in [0.29, 0.717) is 12.5 Å². The number of carbonyl (C=O) groups is 2. The maximum absolute atomic E-state index is 13.0. The molecule has 1 unspecified atom stereocenters. The van der Waals surface area contributed by atoms with E-state index in [9.17, 15) is 18.4 Å². The van der Waals surface area contributed by atoms with E-state index in [1.165, 1.54) is 0 Å². The Labute approximate surface area is 121 Å². The van der Waals surface area contributed by atoms with Crippen LogP contribution in [-0.2, 0) is 9.59 Å². The van der Waals surface area contributed by atoms with Gasteiger partial charge in [0.2, 0.25) is 0 Å². The Bertz CT molecular complexity index is 501. The summed E-state index contributed by atoms with van der Waals surface area (Å²) in [7, 11) is 0. The molecular weight excluding hydrogens is 282 g/mol. The second-order valence-corrected chi connectivity index (χ2v) is 5.09. The molecule has 0 heterocycles. The highest BCUT2D eigenvalue weighted by Crippen LogP contribution is 2.12. The highest BCUT2D eigenvalue weighted by Gasteiger charge is 2.19. The van der Waals surface area contributed by atoms with E-state index in [1.54, 1.807) is 0 Å². The lowest BCUT2D eigenvalue weighted by atomic mass is 10.0. The SMILES string of the molecule is CC(C)CC(CO)NC(=O)C(=O)Nc1cc(F)cc(F)c1. The lowest BCUT2D eigenvalue weighted by molar-refractivity contribution is -0.136. The quantitative estimate of drug-likeness (QED) is 0.720. The van der Waals surface area contributed by atoms with E-state index in [4.69, 9.17) is 5.11 Å². The molecule has 7 heteroatoms. The molecule has 1 rings (SSSR count). The van der Waals surface area contributed by atoms with Gasteiger partial charge in [0.15, 0.2) is 0 Å². The van der Waals surface area contributed by atoms with E-state index in [0.717, 1.165) is 12.1 Å². The third kappa shape index (κ3) is 5.86. The zero-order chi connectivity index (χ0) is 16.0. The molecule has 0 saturated heterocycles. The number of amides is 2. The second-order valence-electron chi connectivity index (χ2n) is 5.09. The monoisotopic (exact) mass is 300 g/mol. The van der Waals surface area contributed by atoms with Crippen LogP contribution in [0.3, 0.4) is 0 Å². The fourth-order valence-electron chi connectivity index (χ4n) is 1.81. The topological polar surface area (TPSA) is 78.4 Å². The van der Waals surface area contributed by atoms with Crippen LogP contribution in [0.1, 0.15) is 20.3 Å². The van der Waals surface area contributed by atoms with Crippen molar-refractivity contribution in [3.05, 3.63) is 29.8 Å². The summed E-state index contributed by atoms with van der Waals surface area (Å²) >= 11 is 0. The Morgan fingerprint density at radius 1 is 1.14 bits per heavy atom. The molecule has 2 amide bonds. The van der Waals surface area contributed by atoms with Crippen LogP contribution in [-0.4, -0.2) is 29.6 Å². The summed E-state index contributed by atoms with van der Waals surface area (Å²) in [5, 5.41) is 13.6. The molecule has 1 aromatic carbocycles. The summed E-state index contributed by atoms with van der Waals surface area (Å²) in [4.78, 5) is 23.3. The molecule has 0 spiro atoms. The molecular formula is C14H18F2N2O3. The zero-order valence-corrected chi connectivity index (χ0v) is 11.8. The molecule has 21 heavy (non-hydrogen) atoms. The van der Waals surface area contributed by atoms with E-state index in [1.807, 2.05) is 13.8 Å². The van der Waals surface area contributed by atoms with Crippen molar-refractivity contribution < 1.29 is 23.5 Å². The number of hydrogen-bond donors (Lipinski definition) is 3. The van der Waals surface area contributed by atoms with Crippen molar-refractivity contribution in [1.29, 1.82) is 0 Å². The van der Waals surface area contributed by atoms with Gasteiger partial charge < -0.3 is 15.7 Å². The number of rotatable bonds is 5. The first kappa shape index (κ1) is 17.0. The van der Waals surface area contributed by atoms with Crippen molar-refractivity contribution in [2.45, 2.75) is 26.3 Å².